The molecule has 0 amide bonds. The summed E-state index contributed by atoms with van der Waals surface area (Å²) in [5.41, 5.74) is 1.30. The maximum atomic E-state index is 13.7. The van der Waals surface area contributed by atoms with Crippen molar-refractivity contribution in [3.8, 4) is 11.3 Å². The molecule has 3 aromatic rings. The molecule has 6 heteroatoms. The van der Waals surface area contributed by atoms with Crippen LogP contribution in [0.5, 0.6) is 0 Å². The van der Waals surface area contributed by atoms with Gasteiger partial charge >= 0.3 is 0 Å². The minimum Gasteiger partial charge on any atom is -0.334 e. The second-order valence-electron chi connectivity index (χ2n) is 6.07. The highest BCUT2D eigenvalue weighted by molar-refractivity contribution is 5.89. The van der Waals surface area contributed by atoms with Gasteiger partial charge < -0.3 is 4.57 Å². The molecule has 0 unspecified atom stereocenters. The average Bonchev–Trinajstić information content (AvgIpc) is 2.91. The number of benzene rings is 1. The molecular weight excluding hydrogens is 295 g/mol. The Hall–Kier alpha value is -2.63. The van der Waals surface area contributed by atoms with Crippen LogP contribution in [0.15, 0.2) is 36.8 Å². The second kappa shape index (κ2) is 5.53. The number of imidazole rings is 1. The molecule has 2 heterocycles. The van der Waals surface area contributed by atoms with Crippen molar-refractivity contribution in [2.75, 3.05) is 0 Å². The van der Waals surface area contributed by atoms with Crippen LogP contribution in [-0.4, -0.2) is 31.2 Å². The topological polar surface area (TPSA) is 60.7 Å². The first-order valence-corrected chi connectivity index (χ1v) is 7.30. The summed E-state index contributed by atoms with van der Waals surface area (Å²) < 4.78 is 15.6. The fourth-order valence-electron chi connectivity index (χ4n) is 2.34. The average molecular weight is 312 g/mol. The normalized spacial score (nSPS) is 11.8. The first-order chi connectivity index (χ1) is 10.8. The van der Waals surface area contributed by atoms with Gasteiger partial charge in [-0.3, -0.25) is 4.79 Å². The molecule has 0 saturated carbocycles. The van der Waals surface area contributed by atoms with Crippen LogP contribution < -0.4 is 0 Å². The fraction of sp³-hybridized carbons (Fsp3) is 0.294. The van der Waals surface area contributed by atoms with E-state index in [9.17, 15) is 9.18 Å². The summed E-state index contributed by atoms with van der Waals surface area (Å²) in [5.74, 6) is -0.506. The van der Waals surface area contributed by atoms with E-state index in [0.717, 1.165) is 22.2 Å². The molecule has 0 aliphatic carbocycles. The van der Waals surface area contributed by atoms with Gasteiger partial charge in [0.1, 0.15) is 0 Å². The summed E-state index contributed by atoms with van der Waals surface area (Å²) >= 11 is 0. The van der Waals surface area contributed by atoms with Gasteiger partial charge in [-0.1, -0.05) is 6.07 Å². The summed E-state index contributed by atoms with van der Waals surface area (Å²) in [7, 11) is 1.92. The lowest BCUT2D eigenvalue weighted by Crippen LogP contribution is -2.28. The van der Waals surface area contributed by atoms with Crippen molar-refractivity contribution >= 4 is 16.7 Å². The smallest absolute Gasteiger partial charge is 0.175 e. The summed E-state index contributed by atoms with van der Waals surface area (Å²) in [6.07, 6.45) is 3.45. The number of hydrogen-bond donors (Lipinski definition) is 0. The SMILES string of the molecule is Cn1cncc1-c1ccc2nnc(CC(=O)C(C)(C)F)cc2c1. The van der Waals surface area contributed by atoms with E-state index in [4.69, 9.17) is 0 Å². The van der Waals surface area contributed by atoms with Crippen molar-refractivity contribution in [2.24, 2.45) is 7.05 Å². The number of halogens is 1. The number of nitrogens with zero attached hydrogens (tertiary/aromatic N) is 4. The zero-order valence-corrected chi connectivity index (χ0v) is 13.2. The Morgan fingerprint density at radius 1 is 1.26 bits per heavy atom. The number of fused-ring (bicyclic) bond motifs is 1. The Morgan fingerprint density at radius 3 is 2.70 bits per heavy atom. The Balaban J connectivity index is 1.98. The highest BCUT2D eigenvalue weighted by atomic mass is 19.1. The Morgan fingerprint density at radius 2 is 2.04 bits per heavy atom. The summed E-state index contributed by atoms with van der Waals surface area (Å²) in [4.78, 5) is 15.9. The maximum Gasteiger partial charge on any atom is 0.175 e. The van der Waals surface area contributed by atoms with Crippen LogP contribution in [0.2, 0.25) is 0 Å². The third-order valence-corrected chi connectivity index (χ3v) is 3.75. The van der Waals surface area contributed by atoms with Gasteiger partial charge in [0.05, 0.1) is 35.8 Å². The van der Waals surface area contributed by atoms with Crippen LogP contribution in [0.25, 0.3) is 22.2 Å². The number of aromatic nitrogens is 4. The number of aryl methyl sites for hydroxylation is 1. The van der Waals surface area contributed by atoms with Gasteiger partial charge in [-0.2, -0.15) is 10.2 Å². The van der Waals surface area contributed by atoms with Gasteiger partial charge in [-0.15, -0.1) is 0 Å². The van der Waals surface area contributed by atoms with Crippen LogP contribution in [0.1, 0.15) is 19.5 Å². The quantitative estimate of drug-likeness (QED) is 0.743. The monoisotopic (exact) mass is 312 g/mol. The van der Waals surface area contributed by atoms with Crippen LogP contribution >= 0.6 is 0 Å². The molecule has 23 heavy (non-hydrogen) atoms. The molecule has 0 aliphatic heterocycles. The number of carbonyl (C=O) groups excluding carboxylic acids is 1. The zero-order valence-electron chi connectivity index (χ0n) is 13.2. The van der Waals surface area contributed by atoms with Crippen LogP contribution in [0.3, 0.4) is 0 Å². The predicted octanol–water partition coefficient (Wildman–Crippen LogP) is 2.89. The number of Topliss-reactive ketones (excluding diaryl/α,β-unsaturated/α-hetero) is 1. The predicted molar refractivity (Wildman–Crippen MR) is 85.6 cm³/mol. The number of rotatable bonds is 4. The van der Waals surface area contributed by atoms with E-state index in [0.29, 0.717) is 5.69 Å². The van der Waals surface area contributed by atoms with E-state index in [-0.39, 0.29) is 6.42 Å². The van der Waals surface area contributed by atoms with E-state index in [1.807, 2.05) is 29.8 Å². The highest BCUT2D eigenvalue weighted by Gasteiger charge is 2.26. The summed E-state index contributed by atoms with van der Waals surface area (Å²) in [5, 5.41) is 8.99. The maximum absolute atomic E-state index is 13.7. The Kier molecular flexibility index (Phi) is 3.67. The van der Waals surface area contributed by atoms with E-state index < -0.39 is 11.5 Å². The molecule has 3 rings (SSSR count). The molecule has 0 N–H and O–H groups in total. The summed E-state index contributed by atoms with van der Waals surface area (Å²) in [6, 6.07) is 7.57. The van der Waals surface area contributed by atoms with Gasteiger partial charge in [0.25, 0.3) is 0 Å². The minimum atomic E-state index is -1.87. The minimum absolute atomic E-state index is 0.0671. The van der Waals surface area contributed by atoms with Gasteiger partial charge in [0, 0.05) is 18.0 Å². The molecule has 0 spiro atoms. The van der Waals surface area contributed by atoms with Crippen LogP contribution in [0, 0.1) is 0 Å². The Labute approximate surface area is 133 Å². The van der Waals surface area contributed by atoms with Gasteiger partial charge in [0.15, 0.2) is 11.5 Å². The molecule has 5 nitrogen and oxygen atoms in total. The molecule has 0 aliphatic rings. The molecule has 2 aromatic heterocycles. The molecule has 0 atom stereocenters. The van der Waals surface area contributed by atoms with Crippen molar-refractivity contribution in [3.63, 3.8) is 0 Å². The molecule has 0 radical (unpaired) electrons. The first-order valence-electron chi connectivity index (χ1n) is 7.30. The number of alkyl halides is 1. The van der Waals surface area contributed by atoms with Gasteiger partial charge in [-0.05, 0) is 32.0 Å². The van der Waals surface area contributed by atoms with Gasteiger partial charge in [-0.25, -0.2) is 9.37 Å². The standard InChI is InChI=1S/C17H17FN4O/c1-17(2,18)16(23)8-13-7-12-6-11(4-5-14(12)21-20-13)15-9-19-10-22(15)3/h4-7,9-10H,8H2,1-3H3. The lowest BCUT2D eigenvalue weighted by atomic mass is 10.0. The van der Waals surface area contributed by atoms with E-state index in [1.165, 1.54) is 13.8 Å². The molecule has 118 valence electrons. The van der Waals surface area contributed by atoms with Gasteiger partial charge in [0.2, 0.25) is 0 Å². The van der Waals surface area contributed by atoms with E-state index >= 15 is 0 Å². The van der Waals surface area contributed by atoms with Crippen LogP contribution in [0.4, 0.5) is 4.39 Å². The molecule has 0 fully saturated rings. The highest BCUT2D eigenvalue weighted by Crippen LogP contribution is 2.23. The van der Waals surface area contributed by atoms with Crippen molar-refractivity contribution in [1.29, 1.82) is 0 Å². The van der Waals surface area contributed by atoms with Crippen LogP contribution in [-0.2, 0) is 18.3 Å². The molecule has 0 bridgehead atoms. The molecule has 0 saturated heterocycles. The fourth-order valence-corrected chi connectivity index (χ4v) is 2.34. The van der Waals surface area contributed by atoms with Crippen molar-refractivity contribution in [2.45, 2.75) is 25.9 Å². The van der Waals surface area contributed by atoms with E-state index in [2.05, 4.69) is 15.2 Å². The third kappa shape index (κ3) is 3.11. The largest absolute Gasteiger partial charge is 0.334 e. The number of carbonyl (C=O) groups is 1. The number of hydrogen-bond acceptors (Lipinski definition) is 4. The second-order valence-corrected chi connectivity index (χ2v) is 6.07. The van der Waals surface area contributed by atoms with Crippen molar-refractivity contribution in [1.82, 2.24) is 19.7 Å². The summed E-state index contributed by atoms with van der Waals surface area (Å²) in [6.45, 7) is 2.51. The third-order valence-electron chi connectivity index (χ3n) is 3.75. The zero-order chi connectivity index (χ0) is 16.6. The van der Waals surface area contributed by atoms with Crippen molar-refractivity contribution < 1.29 is 9.18 Å². The van der Waals surface area contributed by atoms with E-state index in [1.54, 1.807) is 18.6 Å². The molecular formula is C17H17FN4O. The molecule has 1 aromatic carbocycles. The Bertz CT molecular complexity index is 880. The first kappa shape index (κ1) is 15.3. The lowest BCUT2D eigenvalue weighted by molar-refractivity contribution is -0.127. The lowest BCUT2D eigenvalue weighted by Gasteiger charge is -2.12. The van der Waals surface area contributed by atoms with Crippen molar-refractivity contribution in [3.05, 3.63) is 42.5 Å². The number of ketones is 1.